The summed E-state index contributed by atoms with van der Waals surface area (Å²) in [7, 11) is -0.441. The molecule has 1 unspecified atom stereocenters. The second-order valence-corrected chi connectivity index (χ2v) is 17.5. The lowest BCUT2D eigenvalue weighted by molar-refractivity contribution is -0.164. The Morgan fingerprint density at radius 3 is 2.48 bits per heavy atom. The fourth-order valence-electron chi connectivity index (χ4n) is 6.10. The molecule has 0 bridgehead atoms. The van der Waals surface area contributed by atoms with Crippen LogP contribution in [0.1, 0.15) is 52.5 Å². The highest BCUT2D eigenvalue weighted by molar-refractivity contribution is 6.74. The molecular formula is C31H44N2O6Si. The summed E-state index contributed by atoms with van der Waals surface area (Å²) in [6.45, 7) is 16.7. The van der Waals surface area contributed by atoms with E-state index in [0.717, 1.165) is 24.0 Å². The van der Waals surface area contributed by atoms with Gasteiger partial charge in [0.25, 0.3) is 0 Å². The van der Waals surface area contributed by atoms with Gasteiger partial charge in [0.15, 0.2) is 8.32 Å². The molecule has 2 aliphatic heterocycles. The molecule has 2 heterocycles. The maximum Gasteiger partial charge on any atom is 0.410 e. The number of hydrogen-bond donors (Lipinski definition) is 0. The first-order valence-corrected chi connectivity index (χ1v) is 17.2. The van der Waals surface area contributed by atoms with Crippen molar-refractivity contribution in [1.82, 2.24) is 9.80 Å². The molecule has 218 valence electrons. The molecule has 2 fully saturated rings. The van der Waals surface area contributed by atoms with Gasteiger partial charge in [0.1, 0.15) is 18.9 Å². The Hall–Kier alpha value is -2.91. The van der Waals surface area contributed by atoms with E-state index in [2.05, 4.69) is 40.4 Å². The standard InChI is InChI=1S/C31H44N2O6Si/c1-9-18-37-30(36)32(6)23-17-13-16-22-25(23)27(29(35)38-19-21-14-11-10-12-15-21)33-26(22)24(28(33)34)20(2)39-40(7,8)31(3,4)5/h9-12,14-15,20,22-24,26H,1,13,16-19H2,2-8H3/t20?,22-,23-,24+,26+/m0/s1. The average molecular weight is 569 g/mol. The van der Waals surface area contributed by atoms with Crippen molar-refractivity contribution in [3.05, 3.63) is 59.8 Å². The monoisotopic (exact) mass is 568 g/mol. The van der Waals surface area contributed by atoms with E-state index < -0.39 is 20.4 Å². The minimum absolute atomic E-state index is 0.00365. The van der Waals surface area contributed by atoms with Gasteiger partial charge in [-0.1, -0.05) is 70.2 Å². The summed E-state index contributed by atoms with van der Waals surface area (Å²) in [6.07, 6.45) is 3.13. The van der Waals surface area contributed by atoms with Crippen molar-refractivity contribution in [2.75, 3.05) is 13.7 Å². The molecule has 1 saturated carbocycles. The zero-order chi connectivity index (χ0) is 29.4. The summed E-state index contributed by atoms with van der Waals surface area (Å²) in [4.78, 5) is 43.6. The van der Waals surface area contributed by atoms with E-state index in [1.807, 2.05) is 37.3 Å². The minimum atomic E-state index is -2.13. The van der Waals surface area contributed by atoms with Crippen molar-refractivity contribution in [1.29, 1.82) is 0 Å². The molecule has 1 aromatic carbocycles. The first-order chi connectivity index (χ1) is 18.8. The van der Waals surface area contributed by atoms with Gasteiger partial charge in [-0.05, 0) is 49.0 Å². The van der Waals surface area contributed by atoms with Crippen molar-refractivity contribution in [2.45, 2.75) is 89.9 Å². The number of likely N-dealkylation sites (N-methyl/N-ethyl adjacent to an activating group) is 1. The SMILES string of the molecule is C=CCOC(=O)N(C)[C@H]1CCC[C@H]2C1=C(C(=O)OCc1ccccc1)N1C(=O)[C@H](C(C)O[Si](C)(C)C(C)(C)C)[C@@H]21. The van der Waals surface area contributed by atoms with Crippen LogP contribution >= 0.6 is 0 Å². The van der Waals surface area contributed by atoms with E-state index in [4.69, 9.17) is 13.9 Å². The van der Waals surface area contributed by atoms with Crippen LogP contribution in [0.5, 0.6) is 0 Å². The maximum atomic E-state index is 13.8. The third kappa shape index (κ3) is 5.50. The number of rotatable bonds is 9. The highest BCUT2D eigenvalue weighted by Crippen LogP contribution is 2.54. The summed E-state index contributed by atoms with van der Waals surface area (Å²) in [5.41, 5.74) is 1.96. The molecule has 1 aliphatic carbocycles. The van der Waals surface area contributed by atoms with E-state index in [1.165, 1.54) is 6.08 Å². The van der Waals surface area contributed by atoms with Crippen LogP contribution in [-0.4, -0.2) is 67.9 Å². The van der Waals surface area contributed by atoms with E-state index in [1.54, 1.807) is 16.8 Å². The number of amides is 2. The van der Waals surface area contributed by atoms with Crippen molar-refractivity contribution >= 4 is 26.3 Å². The predicted molar refractivity (Wildman–Crippen MR) is 156 cm³/mol. The summed E-state index contributed by atoms with van der Waals surface area (Å²) < 4.78 is 17.8. The van der Waals surface area contributed by atoms with Crippen LogP contribution < -0.4 is 0 Å². The zero-order valence-corrected chi connectivity index (χ0v) is 25.9. The molecule has 3 aliphatic rings. The molecule has 5 atom stereocenters. The number of benzene rings is 1. The fraction of sp³-hybridized carbons (Fsp3) is 0.581. The number of nitrogens with zero attached hydrogens (tertiary/aromatic N) is 2. The molecule has 0 aromatic heterocycles. The van der Waals surface area contributed by atoms with Crippen LogP contribution in [0.2, 0.25) is 18.1 Å². The number of carbonyl (C=O) groups is 3. The van der Waals surface area contributed by atoms with Crippen LogP contribution in [-0.2, 0) is 30.1 Å². The molecule has 2 amide bonds. The second kappa shape index (κ2) is 11.5. The number of fused-ring (bicyclic) bond motifs is 3. The van der Waals surface area contributed by atoms with Crippen LogP contribution in [0, 0.1) is 11.8 Å². The van der Waals surface area contributed by atoms with Crippen molar-refractivity contribution in [3.8, 4) is 0 Å². The number of β-lactam (4-membered cyclic amide) rings is 1. The summed E-state index contributed by atoms with van der Waals surface area (Å²) >= 11 is 0. The Morgan fingerprint density at radius 1 is 1.18 bits per heavy atom. The van der Waals surface area contributed by atoms with Crippen molar-refractivity contribution < 1.29 is 28.3 Å². The Bertz CT molecular complexity index is 1170. The maximum absolute atomic E-state index is 13.8. The van der Waals surface area contributed by atoms with Crippen LogP contribution in [0.25, 0.3) is 0 Å². The minimum Gasteiger partial charge on any atom is -0.456 e. The number of carbonyl (C=O) groups excluding carboxylic acids is 3. The third-order valence-electron chi connectivity index (χ3n) is 9.15. The largest absolute Gasteiger partial charge is 0.456 e. The van der Waals surface area contributed by atoms with E-state index in [-0.39, 0.29) is 54.2 Å². The lowest BCUT2D eigenvalue weighted by atomic mass is 9.71. The van der Waals surface area contributed by atoms with Gasteiger partial charge in [-0.15, -0.1) is 0 Å². The van der Waals surface area contributed by atoms with Crippen LogP contribution in [0.3, 0.4) is 0 Å². The van der Waals surface area contributed by atoms with Gasteiger partial charge in [-0.25, -0.2) is 9.59 Å². The molecule has 0 N–H and O–H groups in total. The van der Waals surface area contributed by atoms with E-state index in [0.29, 0.717) is 12.1 Å². The van der Waals surface area contributed by atoms with Gasteiger partial charge in [-0.2, -0.15) is 0 Å². The molecule has 1 aromatic rings. The Morgan fingerprint density at radius 2 is 1.85 bits per heavy atom. The normalized spacial score (nSPS) is 25.0. The molecule has 0 radical (unpaired) electrons. The second-order valence-electron chi connectivity index (χ2n) is 12.7. The summed E-state index contributed by atoms with van der Waals surface area (Å²) in [5, 5.41) is 0.00365. The van der Waals surface area contributed by atoms with Crippen molar-refractivity contribution in [3.63, 3.8) is 0 Å². The van der Waals surface area contributed by atoms with Gasteiger partial charge in [-0.3, -0.25) is 4.79 Å². The van der Waals surface area contributed by atoms with Crippen molar-refractivity contribution in [2.24, 2.45) is 11.8 Å². The molecule has 9 heteroatoms. The van der Waals surface area contributed by atoms with Gasteiger partial charge in [0, 0.05) is 13.0 Å². The lowest BCUT2D eigenvalue weighted by Gasteiger charge is -2.51. The Labute approximate surface area is 239 Å². The molecule has 0 spiro atoms. The third-order valence-corrected chi connectivity index (χ3v) is 13.7. The summed E-state index contributed by atoms with van der Waals surface area (Å²) in [5.74, 6) is -1.05. The number of hydrogen-bond acceptors (Lipinski definition) is 6. The van der Waals surface area contributed by atoms with Gasteiger partial charge < -0.3 is 23.7 Å². The Kier molecular flexibility index (Phi) is 8.66. The molecule has 40 heavy (non-hydrogen) atoms. The van der Waals surface area contributed by atoms with E-state index in [9.17, 15) is 14.4 Å². The van der Waals surface area contributed by atoms with Gasteiger partial charge in [0.05, 0.1) is 24.1 Å². The quantitative estimate of drug-likeness (QED) is 0.165. The van der Waals surface area contributed by atoms with Crippen LogP contribution in [0.4, 0.5) is 4.79 Å². The highest BCUT2D eigenvalue weighted by Gasteiger charge is 2.63. The lowest BCUT2D eigenvalue weighted by Crippen LogP contribution is -2.65. The average Bonchev–Trinajstić information content (AvgIpc) is 3.20. The topological polar surface area (TPSA) is 85.4 Å². The first kappa shape index (κ1) is 30.1. The highest BCUT2D eigenvalue weighted by atomic mass is 28.4. The molecular weight excluding hydrogens is 524 g/mol. The smallest absolute Gasteiger partial charge is 0.410 e. The van der Waals surface area contributed by atoms with Crippen LogP contribution in [0.15, 0.2) is 54.3 Å². The molecule has 1 saturated heterocycles. The number of ether oxygens (including phenoxy) is 2. The summed E-state index contributed by atoms with van der Waals surface area (Å²) in [6, 6.07) is 8.91. The Balaban J connectivity index is 1.66. The number of esters is 1. The van der Waals surface area contributed by atoms with E-state index >= 15 is 0 Å². The first-order valence-electron chi connectivity index (χ1n) is 14.3. The van der Waals surface area contributed by atoms with Gasteiger partial charge >= 0.3 is 12.1 Å². The van der Waals surface area contributed by atoms with Gasteiger partial charge in [0.2, 0.25) is 5.91 Å². The molecule has 8 nitrogen and oxygen atoms in total. The fourth-order valence-corrected chi connectivity index (χ4v) is 7.53. The zero-order valence-electron chi connectivity index (χ0n) is 24.9. The molecule has 4 rings (SSSR count). The predicted octanol–water partition coefficient (Wildman–Crippen LogP) is 5.66.